The summed E-state index contributed by atoms with van der Waals surface area (Å²) < 4.78 is 39.6. The predicted octanol–water partition coefficient (Wildman–Crippen LogP) is 5.38. The van der Waals surface area contributed by atoms with Crippen LogP contribution in [0, 0.1) is 0 Å². The van der Waals surface area contributed by atoms with Crippen LogP contribution < -0.4 is 0 Å². The molecule has 3 aromatic rings. The van der Waals surface area contributed by atoms with Crippen LogP contribution >= 0.6 is 22.9 Å². The number of aromatic nitrogens is 1. The molecule has 2 nitrogen and oxygen atoms in total. The molecule has 0 saturated heterocycles. The molecule has 1 N–H and O–H groups in total. The number of carbonyl (C=O) groups is 1. The number of aromatic amines is 1. The van der Waals surface area contributed by atoms with Gasteiger partial charge in [0.05, 0.1) is 26.0 Å². The van der Waals surface area contributed by atoms with E-state index in [0.717, 1.165) is 6.07 Å². The molecular weight excluding hydrogens is 323 g/mol. The van der Waals surface area contributed by atoms with Crippen molar-refractivity contribution in [1.29, 1.82) is 0 Å². The minimum Gasteiger partial charge on any atom is -0.353 e. The Labute approximate surface area is 126 Å². The zero-order chi connectivity index (χ0) is 15.2. The van der Waals surface area contributed by atoms with Crippen LogP contribution in [0.2, 0.25) is 4.34 Å². The third kappa shape index (κ3) is 2.34. The standard InChI is InChI=1S/C14H7ClF3NOS/c15-11-5-4-10(21-11)13-8(6-20)7-2-1-3-9(12(7)19-13)14(16,17)18/h1-6,19H. The first-order valence-corrected chi connectivity index (χ1v) is 7.04. The number of hydrogen-bond donors (Lipinski definition) is 1. The molecule has 0 aliphatic heterocycles. The third-order valence-corrected chi connectivity index (χ3v) is 4.37. The molecule has 0 aliphatic rings. The summed E-state index contributed by atoms with van der Waals surface area (Å²) >= 11 is 7.04. The Hall–Kier alpha value is -1.79. The Morgan fingerprint density at radius 3 is 2.52 bits per heavy atom. The number of nitrogens with one attached hydrogen (secondary N) is 1. The van der Waals surface area contributed by atoms with Gasteiger partial charge in [0.1, 0.15) is 0 Å². The molecule has 21 heavy (non-hydrogen) atoms. The van der Waals surface area contributed by atoms with E-state index in [4.69, 9.17) is 11.6 Å². The molecule has 0 amide bonds. The molecule has 0 radical (unpaired) electrons. The van der Waals surface area contributed by atoms with E-state index in [1.54, 1.807) is 12.1 Å². The van der Waals surface area contributed by atoms with Gasteiger partial charge in [-0.1, -0.05) is 23.7 Å². The highest BCUT2D eigenvalue weighted by Gasteiger charge is 2.34. The second kappa shape index (κ2) is 4.89. The number of hydrogen-bond acceptors (Lipinski definition) is 2. The van der Waals surface area contributed by atoms with Crippen LogP contribution in [-0.4, -0.2) is 11.3 Å². The Morgan fingerprint density at radius 1 is 1.19 bits per heavy atom. The minimum atomic E-state index is -4.49. The Morgan fingerprint density at radius 2 is 1.95 bits per heavy atom. The van der Waals surface area contributed by atoms with Crippen molar-refractivity contribution in [2.75, 3.05) is 0 Å². The number of halogens is 4. The quantitative estimate of drug-likeness (QED) is 0.629. The number of para-hydroxylation sites is 1. The Kier molecular flexibility index (Phi) is 3.30. The molecule has 0 aliphatic carbocycles. The molecule has 0 bridgehead atoms. The highest BCUT2D eigenvalue weighted by atomic mass is 35.5. The first-order valence-electron chi connectivity index (χ1n) is 5.84. The molecule has 0 spiro atoms. The van der Waals surface area contributed by atoms with Gasteiger partial charge in [-0.2, -0.15) is 13.2 Å². The number of H-pyrrole nitrogens is 1. The molecule has 2 aromatic heterocycles. The summed E-state index contributed by atoms with van der Waals surface area (Å²) in [6, 6.07) is 7.06. The van der Waals surface area contributed by atoms with Gasteiger partial charge in [-0.05, 0) is 18.2 Å². The fraction of sp³-hybridized carbons (Fsp3) is 0.0714. The van der Waals surface area contributed by atoms with E-state index >= 15 is 0 Å². The lowest BCUT2D eigenvalue weighted by Gasteiger charge is -2.07. The molecule has 0 atom stereocenters. The number of benzene rings is 1. The van der Waals surface area contributed by atoms with E-state index in [2.05, 4.69) is 4.98 Å². The molecule has 108 valence electrons. The van der Waals surface area contributed by atoms with Crippen molar-refractivity contribution in [3.05, 3.63) is 45.8 Å². The molecule has 2 heterocycles. The normalized spacial score (nSPS) is 12.0. The average molecular weight is 330 g/mol. The van der Waals surface area contributed by atoms with Crippen molar-refractivity contribution in [1.82, 2.24) is 4.98 Å². The number of fused-ring (bicyclic) bond motifs is 1. The number of aldehydes is 1. The van der Waals surface area contributed by atoms with Crippen molar-refractivity contribution in [3.63, 3.8) is 0 Å². The van der Waals surface area contributed by atoms with Gasteiger partial charge in [-0.3, -0.25) is 4.79 Å². The van der Waals surface area contributed by atoms with E-state index in [1.165, 1.54) is 23.5 Å². The fourth-order valence-corrected chi connectivity index (χ4v) is 3.30. The zero-order valence-corrected chi connectivity index (χ0v) is 11.9. The number of alkyl halides is 3. The van der Waals surface area contributed by atoms with Gasteiger partial charge in [0, 0.05) is 10.9 Å². The van der Waals surface area contributed by atoms with Crippen LogP contribution in [-0.2, 0) is 6.18 Å². The SMILES string of the molecule is O=Cc1c(-c2ccc(Cl)s2)[nH]c2c(C(F)(F)F)cccc12. The van der Waals surface area contributed by atoms with Crippen LogP contribution in [0.5, 0.6) is 0 Å². The molecule has 1 aromatic carbocycles. The highest BCUT2D eigenvalue weighted by molar-refractivity contribution is 7.19. The van der Waals surface area contributed by atoms with Crippen LogP contribution in [0.1, 0.15) is 15.9 Å². The summed E-state index contributed by atoms with van der Waals surface area (Å²) in [6.07, 6.45) is -3.93. The summed E-state index contributed by atoms with van der Waals surface area (Å²) in [7, 11) is 0. The molecule has 0 unspecified atom stereocenters. The lowest BCUT2D eigenvalue weighted by Crippen LogP contribution is -2.05. The minimum absolute atomic E-state index is 0.0911. The first-order chi connectivity index (χ1) is 9.91. The van der Waals surface area contributed by atoms with E-state index < -0.39 is 11.7 Å². The Bertz CT molecular complexity index is 834. The van der Waals surface area contributed by atoms with Gasteiger partial charge in [-0.25, -0.2) is 0 Å². The van der Waals surface area contributed by atoms with Crippen molar-refractivity contribution < 1.29 is 18.0 Å². The van der Waals surface area contributed by atoms with Crippen molar-refractivity contribution >= 4 is 40.1 Å². The molecular formula is C14H7ClF3NOS. The maximum Gasteiger partial charge on any atom is 0.418 e. The summed E-state index contributed by atoms with van der Waals surface area (Å²) in [6.45, 7) is 0. The number of rotatable bonds is 2. The summed E-state index contributed by atoms with van der Waals surface area (Å²) in [4.78, 5) is 14.7. The van der Waals surface area contributed by atoms with Gasteiger partial charge in [0.25, 0.3) is 0 Å². The maximum absolute atomic E-state index is 13.0. The van der Waals surface area contributed by atoms with E-state index in [0.29, 0.717) is 21.2 Å². The lowest BCUT2D eigenvalue weighted by atomic mass is 10.1. The maximum atomic E-state index is 13.0. The topological polar surface area (TPSA) is 32.9 Å². The summed E-state index contributed by atoms with van der Waals surface area (Å²) in [5.74, 6) is 0. The van der Waals surface area contributed by atoms with E-state index in [9.17, 15) is 18.0 Å². The zero-order valence-electron chi connectivity index (χ0n) is 10.3. The highest BCUT2D eigenvalue weighted by Crippen LogP contribution is 2.40. The lowest BCUT2D eigenvalue weighted by molar-refractivity contribution is -0.136. The monoisotopic (exact) mass is 329 g/mol. The van der Waals surface area contributed by atoms with E-state index in [-0.39, 0.29) is 16.5 Å². The fourth-order valence-electron chi connectivity index (χ4n) is 2.24. The van der Waals surface area contributed by atoms with Crippen molar-refractivity contribution in [2.45, 2.75) is 6.18 Å². The molecule has 0 saturated carbocycles. The van der Waals surface area contributed by atoms with Crippen LogP contribution in [0.15, 0.2) is 30.3 Å². The van der Waals surface area contributed by atoms with Crippen LogP contribution in [0.3, 0.4) is 0 Å². The number of carbonyl (C=O) groups excluding carboxylic acids is 1. The third-order valence-electron chi connectivity index (χ3n) is 3.12. The van der Waals surface area contributed by atoms with Gasteiger partial charge in [-0.15, -0.1) is 11.3 Å². The first kappa shape index (κ1) is 14.2. The Balaban J connectivity index is 2.35. The van der Waals surface area contributed by atoms with Crippen molar-refractivity contribution in [2.24, 2.45) is 0 Å². The number of thiophene rings is 1. The second-order valence-electron chi connectivity index (χ2n) is 4.36. The van der Waals surface area contributed by atoms with Crippen LogP contribution in [0.4, 0.5) is 13.2 Å². The van der Waals surface area contributed by atoms with Crippen LogP contribution in [0.25, 0.3) is 21.5 Å². The van der Waals surface area contributed by atoms with Gasteiger partial charge < -0.3 is 4.98 Å². The second-order valence-corrected chi connectivity index (χ2v) is 6.08. The average Bonchev–Trinajstić information content (AvgIpc) is 2.99. The predicted molar refractivity (Wildman–Crippen MR) is 77.0 cm³/mol. The molecule has 3 rings (SSSR count). The van der Waals surface area contributed by atoms with Gasteiger partial charge >= 0.3 is 6.18 Å². The summed E-state index contributed by atoms with van der Waals surface area (Å²) in [5.41, 5.74) is -0.327. The van der Waals surface area contributed by atoms with Gasteiger partial charge in [0.15, 0.2) is 6.29 Å². The molecule has 0 fully saturated rings. The molecule has 7 heteroatoms. The van der Waals surface area contributed by atoms with Crippen molar-refractivity contribution in [3.8, 4) is 10.6 Å². The summed E-state index contributed by atoms with van der Waals surface area (Å²) in [5, 5.41) is 0.249. The largest absolute Gasteiger partial charge is 0.418 e. The van der Waals surface area contributed by atoms with Gasteiger partial charge in [0.2, 0.25) is 0 Å². The smallest absolute Gasteiger partial charge is 0.353 e. The van der Waals surface area contributed by atoms with E-state index in [1.807, 2.05) is 0 Å².